The number of aromatic nitrogens is 1. The van der Waals surface area contributed by atoms with Crippen LogP contribution in [0.2, 0.25) is 0 Å². The number of benzene rings is 1. The molecule has 1 aliphatic rings. The molecule has 2 heterocycles. The number of nitrogens with zero attached hydrogens (tertiary/aromatic N) is 2. The number of rotatable bonds is 3. The van der Waals surface area contributed by atoms with E-state index in [9.17, 15) is 5.11 Å². The van der Waals surface area contributed by atoms with E-state index in [0.717, 1.165) is 34.4 Å². The Kier molecular flexibility index (Phi) is 4.45. The van der Waals surface area contributed by atoms with Gasteiger partial charge in [-0.05, 0) is 56.1 Å². The van der Waals surface area contributed by atoms with Gasteiger partial charge < -0.3 is 10.0 Å². The number of phenols is 1. The Morgan fingerprint density at radius 3 is 2.76 bits per heavy atom. The molecule has 4 heteroatoms. The first-order valence-corrected chi connectivity index (χ1v) is 8.42. The van der Waals surface area contributed by atoms with Crippen molar-refractivity contribution in [2.45, 2.75) is 26.2 Å². The Bertz CT molecular complexity index is 636. The Hall–Kier alpha value is -1.13. The maximum Gasteiger partial charge on any atom is 0.141 e. The fourth-order valence-electron chi connectivity index (χ4n) is 2.91. The number of phenolic OH excluding ortho intramolecular Hbond substituents is 1. The van der Waals surface area contributed by atoms with E-state index < -0.39 is 0 Å². The van der Waals surface area contributed by atoms with Gasteiger partial charge in [-0.25, -0.2) is 4.98 Å². The van der Waals surface area contributed by atoms with Crippen LogP contribution in [0, 0.1) is 5.92 Å². The molecule has 0 aliphatic carbocycles. The molecule has 1 aliphatic heterocycles. The zero-order valence-corrected chi connectivity index (χ0v) is 13.9. The van der Waals surface area contributed by atoms with Gasteiger partial charge in [-0.2, -0.15) is 0 Å². The number of hydrogen-bond acceptors (Lipinski definition) is 3. The van der Waals surface area contributed by atoms with Gasteiger partial charge in [0.1, 0.15) is 11.3 Å². The second kappa shape index (κ2) is 6.32. The minimum Gasteiger partial charge on any atom is -0.506 e. The van der Waals surface area contributed by atoms with E-state index >= 15 is 0 Å². The molecule has 0 amide bonds. The van der Waals surface area contributed by atoms with E-state index in [-0.39, 0.29) is 5.75 Å². The second-order valence-electron chi connectivity index (χ2n) is 6.04. The number of hydrogen-bond donors (Lipinski definition) is 1. The van der Waals surface area contributed by atoms with E-state index in [2.05, 4.69) is 38.8 Å². The van der Waals surface area contributed by atoms with Crippen LogP contribution >= 0.6 is 15.9 Å². The van der Waals surface area contributed by atoms with Crippen molar-refractivity contribution >= 4 is 26.8 Å². The van der Waals surface area contributed by atoms with Crippen LogP contribution in [-0.2, 0) is 6.42 Å². The van der Waals surface area contributed by atoms with Crippen LogP contribution in [0.1, 0.15) is 25.5 Å². The molecule has 0 saturated carbocycles. The molecule has 0 unspecified atom stereocenters. The zero-order valence-electron chi connectivity index (χ0n) is 12.3. The minimum atomic E-state index is 0.252. The molecule has 112 valence electrons. The lowest BCUT2D eigenvalue weighted by Gasteiger charge is -2.30. The van der Waals surface area contributed by atoms with Crippen LogP contribution in [0.5, 0.6) is 5.75 Å². The topological polar surface area (TPSA) is 36.4 Å². The third kappa shape index (κ3) is 3.38. The summed E-state index contributed by atoms with van der Waals surface area (Å²) in [7, 11) is 0. The van der Waals surface area contributed by atoms with Gasteiger partial charge in [-0.15, -0.1) is 0 Å². The lowest BCUT2D eigenvalue weighted by molar-refractivity contribution is 0.194. The van der Waals surface area contributed by atoms with Gasteiger partial charge in [-0.3, -0.25) is 0 Å². The van der Waals surface area contributed by atoms with Gasteiger partial charge in [0.15, 0.2) is 0 Å². The van der Waals surface area contributed by atoms with E-state index in [4.69, 9.17) is 0 Å². The quantitative estimate of drug-likeness (QED) is 0.911. The second-order valence-corrected chi connectivity index (χ2v) is 6.89. The monoisotopic (exact) mass is 348 g/mol. The summed E-state index contributed by atoms with van der Waals surface area (Å²) < 4.78 is 0.972. The molecule has 0 bridgehead atoms. The lowest BCUT2D eigenvalue weighted by atomic mass is 9.99. The summed E-state index contributed by atoms with van der Waals surface area (Å²) >= 11 is 3.50. The highest BCUT2D eigenvalue weighted by molar-refractivity contribution is 9.10. The number of piperidine rings is 1. The number of pyridine rings is 1. The van der Waals surface area contributed by atoms with Gasteiger partial charge in [-0.1, -0.05) is 22.9 Å². The predicted molar refractivity (Wildman–Crippen MR) is 89.6 cm³/mol. The van der Waals surface area contributed by atoms with Gasteiger partial charge in [0.05, 0.1) is 0 Å². The van der Waals surface area contributed by atoms with Crippen molar-refractivity contribution in [1.82, 2.24) is 9.88 Å². The standard InChI is InChI=1S/C17H21BrN2O/c1-12-6-9-20(10-7-12)11-8-13-2-3-14-15(18)4-5-16(21)17(14)19-13/h2-5,12,21H,6-11H2,1H3. The first-order chi connectivity index (χ1) is 10.1. The zero-order chi connectivity index (χ0) is 14.8. The van der Waals surface area contributed by atoms with Crippen molar-refractivity contribution in [2.24, 2.45) is 5.92 Å². The molecule has 1 fully saturated rings. The van der Waals surface area contributed by atoms with Crippen LogP contribution in [0.15, 0.2) is 28.7 Å². The predicted octanol–water partition coefficient (Wildman–Crippen LogP) is 3.98. The average Bonchev–Trinajstić information content (AvgIpc) is 2.50. The summed E-state index contributed by atoms with van der Waals surface area (Å²) in [6.45, 7) is 5.79. The van der Waals surface area contributed by atoms with Gasteiger partial charge in [0.25, 0.3) is 0 Å². The van der Waals surface area contributed by atoms with Crippen LogP contribution in [0.3, 0.4) is 0 Å². The lowest BCUT2D eigenvalue weighted by Crippen LogP contribution is -2.34. The minimum absolute atomic E-state index is 0.252. The van der Waals surface area contributed by atoms with Gasteiger partial charge in [0, 0.05) is 28.5 Å². The molecule has 21 heavy (non-hydrogen) atoms. The van der Waals surface area contributed by atoms with E-state index in [1.807, 2.05) is 12.1 Å². The van der Waals surface area contributed by atoms with Crippen molar-refractivity contribution in [3.8, 4) is 5.75 Å². The Morgan fingerprint density at radius 1 is 1.24 bits per heavy atom. The number of halogens is 1. The largest absolute Gasteiger partial charge is 0.506 e. The van der Waals surface area contributed by atoms with Gasteiger partial charge in [0.2, 0.25) is 0 Å². The van der Waals surface area contributed by atoms with Crippen molar-refractivity contribution in [3.63, 3.8) is 0 Å². The number of likely N-dealkylation sites (tertiary alicyclic amines) is 1. The van der Waals surface area contributed by atoms with E-state index in [0.29, 0.717) is 5.52 Å². The summed E-state index contributed by atoms with van der Waals surface area (Å²) in [5.74, 6) is 1.12. The molecule has 1 aromatic heterocycles. The molecule has 3 rings (SSSR count). The highest BCUT2D eigenvalue weighted by Crippen LogP contribution is 2.29. The summed E-state index contributed by atoms with van der Waals surface area (Å²) in [6, 6.07) is 7.65. The van der Waals surface area contributed by atoms with Crippen LogP contribution in [-0.4, -0.2) is 34.6 Å². The SMILES string of the molecule is CC1CCN(CCc2ccc3c(Br)ccc(O)c3n2)CC1. The first-order valence-electron chi connectivity index (χ1n) is 7.63. The van der Waals surface area contributed by atoms with Crippen LogP contribution in [0.4, 0.5) is 0 Å². The third-order valence-electron chi connectivity index (χ3n) is 4.40. The first kappa shape index (κ1) is 14.8. The fourth-order valence-corrected chi connectivity index (χ4v) is 3.36. The van der Waals surface area contributed by atoms with Gasteiger partial charge >= 0.3 is 0 Å². The molecule has 0 spiro atoms. The molecule has 0 atom stereocenters. The molecule has 1 N–H and O–H groups in total. The Labute approximate surface area is 134 Å². The van der Waals surface area contributed by atoms with Crippen molar-refractivity contribution in [2.75, 3.05) is 19.6 Å². The highest BCUT2D eigenvalue weighted by Gasteiger charge is 2.15. The Balaban J connectivity index is 1.71. The smallest absolute Gasteiger partial charge is 0.141 e. The molecular weight excluding hydrogens is 328 g/mol. The maximum atomic E-state index is 9.97. The summed E-state index contributed by atoms with van der Waals surface area (Å²) in [6.07, 6.45) is 3.55. The van der Waals surface area contributed by atoms with Crippen LogP contribution in [0.25, 0.3) is 10.9 Å². The molecule has 3 nitrogen and oxygen atoms in total. The molecule has 1 aromatic carbocycles. The highest BCUT2D eigenvalue weighted by atomic mass is 79.9. The van der Waals surface area contributed by atoms with E-state index in [1.165, 1.54) is 25.9 Å². The maximum absolute atomic E-state index is 9.97. The van der Waals surface area contributed by atoms with E-state index in [1.54, 1.807) is 6.07 Å². The van der Waals surface area contributed by atoms with Crippen molar-refractivity contribution < 1.29 is 5.11 Å². The number of aromatic hydroxyl groups is 1. The molecule has 1 saturated heterocycles. The normalized spacial score (nSPS) is 17.4. The summed E-state index contributed by atoms with van der Waals surface area (Å²) in [5.41, 5.74) is 1.74. The van der Waals surface area contributed by atoms with Crippen LogP contribution < -0.4 is 0 Å². The fraction of sp³-hybridized carbons (Fsp3) is 0.471. The van der Waals surface area contributed by atoms with Crippen molar-refractivity contribution in [1.29, 1.82) is 0 Å². The molecule has 0 radical (unpaired) electrons. The molecular formula is C17H21BrN2O. The molecule has 2 aromatic rings. The Morgan fingerprint density at radius 2 is 2.00 bits per heavy atom. The summed E-state index contributed by atoms with van der Waals surface area (Å²) in [5, 5.41) is 10.9. The average molecular weight is 349 g/mol. The third-order valence-corrected chi connectivity index (χ3v) is 5.09. The summed E-state index contributed by atoms with van der Waals surface area (Å²) in [4.78, 5) is 7.15. The van der Waals surface area contributed by atoms with Crippen molar-refractivity contribution in [3.05, 3.63) is 34.4 Å². The number of fused-ring (bicyclic) bond motifs is 1.